The van der Waals surface area contributed by atoms with Crippen molar-refractivity contribution in [2.24, 2.45) is 0 Å². The maximum atomic E-state index is 12.9. The highest BCUT2D eigenvalue weighted by Gasteiger charge is 2.26. The topological polar surface area (TPSA) is 71.1 Å². The average molecular weight is 398 g/mol. The van der Waals surface area contributed by atoms with E-state index in [1.165, 1.54) is 22.4 Å². The Hall–Kier alpha value is -2.51. The molecule has 7 heteroatoms. The van der Waals surface area contributed by atoms with Gasteiger partial charge in [-0.05, 0) is 65.8 Å². The predicted octanol–water partition coefficient (Wildman–Crippen LogP) is 4.27. The maximum absolute atomic E-state index is 12.9. The van der Waals surface area contributed by atoms with Crippen LogP contribution in [-0.4, -0.2) is 16.8 Å². The minimum absolute atomic E-state index is 0.123. The van der Waals surface area contributed by atoms with Crippen molar-refractivity contribution in [3.63, 3.8) is 0 Å². The van der Waals surface area contributed by atoms with Gasteiger partial charge in [-0.1, -0.05) is 0 Å². The highest BCUT2D eigenvalue weighted by atomic mass is 32.1. The zero-order chi connectivity index (χ0) is 18.6. The lowest BCUT2D eigenvalue weighted by Gasteiger charge is -2.13. The Morgan fingerprint density at radius 3 is 2.81 bits per heavy atom. The maximum Gasteiger partial charge on any atom is 0.257 e. The zero-order valence-corrected chi connectivity index (χ0v) is 16.3. The lowest BCUT2D eigenvalue weighted by molar-refractivity contribution is 0.0951. The Labute approximate surface area is 165 Å². The molecule has 4 rings (SSSR count). The van der Waals surface area contributed by atoms with Gasteiger partial charge in [-0.15, -0.1) is 11.3 Å². The number of aromatic nitrogens is 1. The molecule has 0 bridgehead atoms. The fourth-order valence-corrected chi connectivity index (χ4v) is 5.18. The number of nitrogens with zero attached hydrogens (tertiary/aromatic N) is 1. The van der Waals surface area contributed by atoms with E-state index in [-0.39, 0.29) is 11.8 Å². The molecule has 0 fully saturated rings. The Kier molecular flexibility index (Phi) is 5.31. The van der Waals surface area contributed by atoms with E-state index in [9.17, 15) is 9.59 Å². The third kappa shape index (κ3) is 3.94. The quantitative estimate of drug-likeness (QED) is 0.675. The molecule has 3 heterocycles. The minimum atomic E-state index is -0.242. The van der Waals surface area contributed by atoms with Crippen LogP contribution in [0.2, 0.25) is 0 Å². The molecule has 0 spiro atoms. The number of pyridine rings is 1. The summed E-state index contributed by atoms with van der Waals surface area (Å²) in [6, 6.07) is 5.44. The molecule has 138 valence electrons. The van der Waals surface area contributed by atoms with Crippen molar-refractivity contribution in [1.82, 2.24) is 10.3 Å². The number of rotatable bonds is 5. The number of carbonyl (C=O) groups is 2. The second kappa shape index (κ2) is 8.02. The Balaban J connectivity index is 1.59. The Bertz CT molecular complexity index is 949. The molecular formula is C20H19N3O2S2. The van der Waals surface area contributed by atoms with Crippen LogP contribution in [0, 0.1) is 0 Å². The molecule has 2 amide bonds. The van der Waals surface area contributed by atoms with Crippen molar-refractivity contribution >= 4 is 39.5 Å². The number of thiophene rings is 2. The summed E-state index contributed by atoms with van der Waals surface area (Å²) in [5, 5.41) is 10.6. The van der Waals surface area contributed by atoms with E-state index in [2.05, 4.69) is 15.6 Å². The summed E-state index contributed by atoms with van der Waals surface area (Å²) in [5.41, 5.74) is 3.28. The van der Waals surface area contributed by atoms with Gasteiger partial charge < -0.3 is 10.6 Å². The van der Waals surface area contributed by atoms with Gasteiger partial charge >= 0.3 is 0 Å². The number of anilines is 1. The molecule has 0 saturated carbocycles. The molecule has 0 saturated heterocycles. The lowest BCUT2D eigenvalue weighted by atomic mass is 9.95. The molecule has 27 heavy (non-hydrogen) atoms. The number of aryl methyl sites for hydroxylation is 1. The number of hydrogen-bond acceptors (Lipinski definition) is 5. The molecule has 0 radical (unpaired) electrons. The molecule has 2 N–H and O–H groups in total. The van der Waals surface area contributed by atoms with Gasteiger partial charge in [0.05, 0.1) is 11.1 Å². The molecule has 3 aromatic rings. The third-order valence-corrected chi connectivity index (χ3v) is 6.52. The van der Waals surface area contributed by atoms with Crippen LogP contribution in [0.25, 0.3) is 0 Å². The molecule has 3 aromatic heterocycles. The number of amides is 2. The molecule has 0 atom stereocenters. The summed E-state index contributed by atoms with van der Waals surface area (Å²) >= 11 is 3.13. The highest BCUT2D eigenvalue weighted by molar-refractivity contribution is 7.17. The van der Waals surface area contributed by atoms with Gasteiger partial charge in [-0.25, -0.2) is 0 Å². The molecule has 0 unspecified atom stereocenters. The second-order valence-electron chi connectivity index (χ2n) is 6.43. The van der Waals surface area contributed by atoms with Gasteiger partial charge in [0.1, 0.15) is 5.00 Å². The first-order valence-electron chi connectivity index (χ1n) is 8.87. The summed E-state index contributed by atoms with van der Waals surface area (Å²) in [6.07, 6.45) is 7.20. The molecule has 0 aliphatic heterocycles. The summed E-state index contributed by atoms with van der Waals surface area (Å²) in [4.78, 5) is 30.7. The second-order valence-corrected chi connectivity index (χ2v) is 8.31. The fraction of sp³-hybridized carbons (Fsp3) is 0.250. The first-order valence-corrected chi connectivity index (χ1v) is 10.6. The predicted molar refractivity (Wildman–Crippen MR) is 109 cm³/mol. The van der Waals surface area contributed by atoms with Gasteiger partial charge in [0, 0.05) is 23.8 Å². The van der Waals surface area contributed by atoms with Gasteiger partial charge in [0.2, 0.25) is 0 Å². The third-order valence-electron chi connectivity index (χ3n) is 4.58. The van der Waals surface area contributed by atoms with Crippen LogP contribution in [0.4, 0.5) is 5.00 Å². The Morgan fingerprint density at radius 2 is 2.04 bits per heavy atom. The lowest BCUT2D eigenvalue weighted by Crippen LogP contribution is -2.25. The van der Waals surface area contributed by atoms with Gasteiger partial charge in [-0.3, -0.25) is 14.6 Å². The van der Waals surface area contributed by atoms with Gasteiger partial charge in [-0.2, -0.15) is 11.3 Å². The molecule has 1 aliphatic rings. The SMILES string of the molecule is O=C(Nc1sc2c(c1C(=O)NCc1ccsc1)CCCC2)c1cccnc1. The van der Waals surface area contributed by atoms with Crippen molar-refractivity contribution in [3.05, 3.63) is 68.5 Å². The van der Waals surface area contributed by atoms with Gasteiger partial charge in [0.25, 0.3) is 11.8 Å². The largest absolute Gasteiger partial charge is 0.348 e. The van der Waals surface area contributed by atoms with E-state index in [1.54, 1.807) is 29.7 Å². The minimum Gasteiger partial charge on any atom is -0.348 e. The summed E-state index contributed by atoms with van der Waals surface area (Å²) in [6.45, 7) is 0.489. The number of fused-ring (bicyclic) bond motifs is 1. The van der Waals surface area contributed by atoms with Crippen LogP contribution in [0.3, 0.4) is 0 Å². The number of carbonyl (C=O) groups excluding carboxylic acids is 2. The molecular weight excluding hydrogens is 378 g/mol. The summed E-state index contributed by atoms with van der Waals surface area (Å²) in [5.74, 6) is -0.365. The van der Waals surface area contributed by atoms with Crippen LogP contribution in [0.5, 0.6) is 0 Å². The standard InChI is InChI=1S/C20H19N3O2S2/c24-18(14-4-3-8-21-11-14)23-20-17(15-5-1-2-6-16(15)27-20)19(25)22-10-13-7-9-26-12-13/h3-4,7-9,11-12H,1-2,5-6,10H2,(H,22,25)(H,23,24). The number of hydrogen-bond donors (Lipinski definition) is 2. The van der Waals surface area contributed by atoms with E-state index in [0.29, 0.717) is 22.7 Å². The van der Waals surface area contributed by atoms with Crippen LogP contribution in [-0.2, 0) is 19.4 Å². The normalized spacial score (nSPS) is 13.0. The van der Waals surface area contributed by atoms with Crippen LogP contribution in [0.1, 0.15) is 49.6 Å². The van der Waals surface area contributed by atoms with E-state index in [0.717, 1.165) is 36.8 Å². The first-order chi connectivity index (χ1) is 13.2. The zero-order valence-electron chi connectivity index (χ0n) is 14.7. The van der Waals surface area contributed by atoms with Crippen LogP contribution in [0.15, 0.2) is 41.4 Å². The molecule has 5 nitrogen and oxygen atoms in total. The Morgan fingerprint density at radius 1 is 1.15 bits per heavy atom. The molecule has 1 aliphatic carbocycles. The van der Waals surface area contributed by atoms with Gasteiger partial charge in [0.15, 0.2) is 0 Å². The smallest absolute Gasteiger partial charge is 0.257 e. The van der Waals surface area contributed by atoms with Crippen molar-refractivity contribution in [2.75, 3.05) is 5.32 Å². The fourth-order valence-electron chi connectivity index (χ4n) is 3.23. The van der Waals surface area contributed by atoms with Crippen molar-refractivity contribution in [3.8, 4) is 0 Å². The van der Waals surface area contributed by atoms with Crippen LogP contribution < -0.4 is 10.6 Å². The average Bonchev–Trinajstić information content (AvgIpc) is 3.34. The van der Waals surface area contributed by atoms with Crippen LogP contribution >= 0.6 is 22.7 Å². The van der Waals surface area contributed by atoms with Crippen molar-refractivity contribution < 1.29 is 9.59 Å². The highest BCUT2D eigenvalue weighted by Crippen LogP contribution is 2.38. The summed E-state index contributed by atoms with van der Waals surface area (Å²) < 4.78 is 0. The monoisotopic (exact) mass is 397 g/mol. The van der Waals surface area contributed by atoms with E-state index in [1.807, 2.05) is 16.8 Å². The molecule has 0 aromatic carbocycles. The van der Waals surface area contributed by atoms with E-state index < -0.39 is 0 Å². The number of nitrogens with one attached hydrogen (secondary N) is 2. The van der Waals surface area contributed by atoms with E-state index in [4.69, 9.17) is 0 Å². The van der Waals surface area contributed by atoms with Crippen molar-refractivity contribution in [2.45, 2.75) is 32.2 Å². The summed E-state index contributed by atoms with van der Waals surface area (Å²) in [7, 11) is 0. The first kappa shape index (κ1) is 17.9. The van der Waals surface area contributed by atoms with Crippen molar-refractivity contribution in [1.29, 1.82) is 0 Å². The van der Waals surface area contributed by atoms with E-state index >= 15 is 0 Å².